The molecule has 0 bridgehead atoms. The van der Waals surface area contributed by atoms with Crippen LogP contribution in [0.5, 0.6) is 11.5 Å². The summed E-state index contributed by atoms with van der Waals surface area (Å²) >= 11 is 0. The molecule has 1 aliphatic rings. The Kier molecular flexibility index (Phi) is 3.89. The van der Waals surface area contributed by atoms with Crippen LogP contribution in [0, 0.1) is 0 Å². The van der Waals surface area contributed by atoms with Crippen LogP contribution >= 0.6 is 0 Å². The largest absolute Gasteiger partial charge is 0.486 e. The van der Waals surface area contributed by atoms with Gasteiger partial charge in [-0.2, -0.15) is 0 Å². The molecule has 7 heteroatoms. The van der Waals surface area contributed by atoms with Crippen molar-refractivity contribution in [2.24, 2.45) is 0 Å². The van der Waals surface area contributed by atoms with Crippen molar-refractivity contribution in [1.82, 2.24) is 9.55 Å². The maximum absolute atomic E-state index is 11.6. The van der Waals surface area contributed by atoms with Gasteiger partial charge in [-0.15, -0.1) is 0 Å². The number of nitrogens with zero attached hydrogens (tertiary/aromatic N) is 2. The van der Waals surface area contributed by atoms with Crippen LogP contribution in [0.15, 0.2) is 12.1 Å². The van der Waals surface area contributed by atoms with Gasteiger partial charge in [0.15, 0.2) is 11.5 Å². The fourth-order valence-corrected chi connectivity index (χ4v) is 2.73. The number of fused-ring (bicyclic) bond motifs is 2. The molecule has 7 nitrogen and oxygen atoms in total. The van der Waals surface area contributed by atoms with Crippen molar-refractivity contribution in [3.05, 3.63) is 18.0 Å². The fraction of sp³-hybridized carbons (Fsp3) is 0.467. The van der Waals surface area contributed by atoms with E-state index in [4.69, 9.17) is 14.2 Å². The molecule has 0 aliphatic carbocycles. The molecule has 1 aromatic carbocycles. The fourth-order valence-electron chi connectivity index (χ4n) is 2.73. The topological polar surface area (TPSA) is 82.8 Å². The summed E-state index contributed by atoms with van der Waals surface area (Å²) in [4.78, 5) is 16.1. The van der Waals surface area contributed by atoms with Crippen molar-refractivity contribution in [1.29, 1.82) is 0 Å². The Bertz CT molecular complexity index is 710. The summed E-state index contributed by atoms with van der Waals surface area (Å²) in [5.41, 5.74) is 1.39. The van der Waals surface area contributed by atoms with Gasteiger partial charge < -0.3 is 23.9 Å². The zero-order valence-corrected chi connectivity index (χ0v) is 12.5. The second-order valence-electron chi connectivity index (χ2n) is 5.08. The Balaban J connectivity index is 2.21. The number of rotatable bonds is 5. The summed E-state index contributed by atoms with van der Waals surface area (Å²) in [5, 5.41) is 9.49. The van der Waals surface area contributed by atoms with E-state index in [2.05, 4.69) is 4.98 Å². The highest BCUT2D eigenvalue weighted by Gasteiger charge is 2.25. The van der Waals surface area contributed by atoms with Gasteiger partial charge in [0, 0.05) is 19.2 Å². The van der Waals surface area contributed by atoms with E-state index < -0.39 is 12.0 Å². The van der Waals surface area contributed by atoms with E-state index in [0.29, 0.717) is 48.0 Å². The van der Waals surface area contributed by atoms with Crippen molar-refractivity contribution in [3.63, 3.8) is 0 Å². The van der Waals surface area contributed by atoms with Gasteiger partial charge in [0.2, 0.25) is 0 Å². The first-order valence-corrected chi connectivity index (χ1v) is 7.18. The van der Waals surface area contributed by atoms with Crippen LogP contribution in [0.1, 0.15) is 25.2 Å². The molecular formula is C15H18N2O5. The number of carboxylic acid groups (broad SMARTS) is 1. The van der Waals surface area contributed by atoms with Crippen molar-refractivity contribution in [3.8, 4) is 11.5 Å². The summed E-state index contributed by atoms with van der Waals surface area (Å²) in [6.07, 6.45) is 0.450. The van der Waals surface area contributed by atoms with Crippen LogP contribution in [0.2, 0.25) is 0 Å². The zero-order chi connectivity index (χ0) is 15.7. The smallest absolute Gasteiger partial charge is 0.326 e. The van der Waals surface area contributed by atoms with Crippen molar-refractivity contribution < 1.29 is 24.1 Å². The number of aliphatic carboxylic acids is 1. The van der Waals surface area contributed by atoms with Gasteiger partial charge in [-0.1, -0.05) is 6.92 Å². The molecule has 1 aliphatic heterocycles. The van der Waals surface area contributed by atoms with Crippen LogP contribution in [0.4, 0.5) is 0 Å². The number of ether oxygens (including phenoxy) is 3. The molecule has 1 N–H and O–H groups in total. The molecule has 0 spiro atoms. The van der Waals surface area contributed by atoms with Gasteiger partial charge in [-0.05, 0) is 6.42 Å². The lowest BCUT2D eigenvalue weighted by molar-refractivity contribution is -0.141. The molecule has 118 valence electrons. The minimum absolute atomic E-state index is 0.241. The van der Waals surface area contributed by atoms with E-state index in [9.17, 15) is 9.90 Å². The molecule has 0 amide bonds. The Morgan fingerprint density at radius 1 is 1.41 bits per heavy atom. The summed E-state index contributed by atoms with van der Waals surface area (Å²) in [5.74, 6) is 0.933. The third-order valence-electron chi connectivity index (χ3n) is 3.68. The zero-order valence-electron chi connectivity index (χ0n) is 12.5. The van der Waals surface area contributed by atoms with Crippen LogP contribution in [-0.2, 0) is 16.1 Å². The lowest BCUT2D eigenvalue weighted by Crippen LogP contribution is -2.21. The second kappa shape index (κ2) is 5.84. The maximum atomic E-state index is 11.6. The van der Waals surface area contributed by atoms with E-state index in [1.807, 2.05) is 6.92 Å². The number of hydrogen-bond donors (Lipinski definition) is 1. The highest BCUT2D eigenvalue weighted by atomic mass is 16.6. The molecule has 3 rings (SSSR count). The number of hydrogen-bond acceptors (Lipinski definition) is 5. The first-order chi connectivity index (χ1) is 10.7. The molecule has 22 heavy (non-hydrogen) atoms. The summed E-state index contributed by atoms with van der Waals surface area (Å²) in [7, 11) is 1.56. The molecule has 1 atom stereocenters. The van der Waals surface area contributed by atoms with E-state index >= 15 is 0 Å². The van der Waals surface area contributed by atoms with Gasteiger partial charge in [-0.25, -0.2) is 9.78 Å². The SMILES string of the molecule is CCC(C(=O)O)n1c(COC)nc2cc3c(cc21)OCCO3. The van der Waals surface area contributed by atoms with E-state index in [-0.39, 0.29) is 6.61 Å². The molecule has 0 saturated carbocycles. The minimum Gasteiger partial charge on any atom is -0.486 e. The van der Waals surface area contributed by atoms with Crippen molar-refractivity contribution >= 4 is 17.0 Å². The minimum atomic E-state index is -0.894. The van der Waals surface area contributed by atoms with Crippen LogP contribution in [0.3, 0.4) is 0 Å². The highest BCUT2D eigenvalue weighted by Crippen LogP contribution is 2.36. The predicted molar refractivity (Wildman–Crippen MR) is 78.4 cm³/mol. The lowest BCUT2D eigenvalue weighted by atomic mass is 10.2. The van der Waals surface area contributed by atoms with E-state index in [1.165, 1.54) is 0 Å². The average molecular weight is 306 g/mol. The molecule has 0 radical (unpaired) electrons. The van der Waals surface area contributed by atoms with Gasteiger partial charge >= 0.3 is 5.97 Å². The molecule has 2 aromatic rings. The first kappa shape index (κ1) is 14.6. The Morgan fingerprint density at radius 2 is 2.09 bits per heavy atom. The van der Waals surface area contributed by atoms with Crippen LogP contribution in [0.25, 0.3) is 11.0 Å². The number of carbonyl (C=O) groups is 1. The number of benzene rings is 1. The number of aromatic nitrogens is 2. The standard InChI is InChI=1S/C15H18N2O5/c1-3-10(15(18)19)17-11-7-13-12(21-4-5-22-13)6-9(11)16-14(17)8-20-2/h6-7,10H,3-5,8H2,1-2H3,(H,18,19). The van der Waals surface area contributed by atoms with Crippen molar-refractivity contribution in [2.45, 2.75) is 26.0 Å². The molecule has 0 saturated heterocycles. The van der Waals surface area contributed by atoms with Crippen LogP contribution in [-0.4, -0.2) is 41.0 Å². The molecule has 2 heterocycles. The normalized spacial score (nSPS) is 15.0. The maximum Gasteiger partial charge on any atom is 0.326 e. The number of methoxy groups -OCH3 is 1. The first-order valence-electron chi connectivity index (χ1n) is 7.18. The summed E-state index contributed by atoms with van der Waals surface area (Å²) < 4.78 is 18.0. The quantitative estimate of drug-likeness (QED) is 0.909. The molecular weight excluding hydrogens is 288 g/mol. The lowest BCUT2D eigenvalue weighted by Gasteiger charge is -2.19. The Morgan fingerprint density at radius 3 is 2.68 bits per heavy atom. The second-order valence-corrected chi connectivity index (χ2v) is 5.08. The third kappa shape index (κ3) is 2.37. The van der Waals surface area contributed by atoms with Gasteiger partial charge in [0.1, 0.15) is 31.7 Å². The third-order valence-corrected chi connectivity index (χ3v) is 3.68. The van der Waals surface area contributed by atoms with Gasteiger partial charge in [0.05, 0.1) is 11.0 Å². The van der Waals surface area contributed by atoms with E-state index in [1.54, 1.807) is 23.8 Å². The predicted octanol–water partition coefficient (Wildman–Crippen LogP) is 1.99. The summed E-state index contributed by atoms with van der Waals surface area (Å²) in [6, 6.07) is 2.88. The summed E-state index contributed by atoms with van der Waals surface area (Å²) in [6.45, 7) is 3.05. The molecule has 1 unspecified atom stereocenters. The monoisotopic (exact) mass is 306 g/mol. The molecule has 1 aromatic heterocycles. The molecule has 0 fully saturated rings. The Hall–Kier alpha value is -2.28. The van der Waals surface area contributed by atoms with E-state index in [0.717, 1.165) is 0 Å². The average Bonchev–Trinajstić information content (AvgIpc) is 2.83. The van der Waals surface area contributed by atoms with Crippen molar-refractivity contribution in [2.75, 3.05) is 20.3 Å². The van der Waals surface area contributed by atoms with Crippen LogP contribution < -0.4 is 9.47 Å². The van der Waals surface area contributed by atoms with Gasteiger partial charge in [-0.3, -0.25) is 0 Å². The number of carboxylic acids is 1. The van der Waals surface area contributed by atoms with Gasteiger partial charge in [0.25, 0.3) is 0 Å². The Labute approximate surface area is 127 Å². The number of imidazole rings is 1. The highest BCUT2D eigenvalue weighted by molar-refractivity contribution is 5.83.